The summed E-state index contributed by atoms with van der Waals surface area (Å²) in [4.78, 5) is 0. The van der Waals surface area contributed by atoms with Crippen molar-refractivity contribution in [1.82, 2.24) is 0 Å². The van der Waals surface area contributed by atoms with Gasteiger partial charge in [0.05, 0.1) is 0 Å². The second kappa shape index (κ2) is 5.58. The quantitative estimate of drug-likeness (QED) is 0.433. The van der Waals surface area contributed by atoms with E-state index in [1.165, 1.54) is 11.1 Å². The van der Waals surface area contributed by atoms with Crippen LogP contribution in [-0.2, 0) is 0 Å². The maximum Gasteiger partial charge on any atom is -0.0159 e. The van der Waals surface area contributed by atoms with Crippen LogP contribution in [0.5, 0.6) is 0 Å². The largest absolute Gasteiger partial charge is 0.100 e. The molecule has 72 valence electrons. The highest BCUT2D eigenvalue weighted by Crippen LogP contribution is 2.19. The number of rotatable bonds is 5. The zero-order valence-corrected chi connectivity index (χ0v) is 9.06. The minimum Gasteiger partial charge on any atom is -0.100 e. The number of hydrogen-bond donors (Lipinski definition) is 0. The average Bonchev–Trinajstić information content (AvgIpc) is 2.02. The van der Waals surface area contributed by atoms with Gasteiger partial charge in [-0.2, -0.15) is 0 Å². The first-order chi connectivity index (χ1) is 5.97. The van der Waals surface area contributed by atoms with Crippen LogP contribution >= 0.6 is 0 Å². The van der Waals surface area contributed by atoms with Gasteiger partial charge >= 0.3 is 0 Å². The molecule has 0 aromatic carbocycles. The van der Waals surface area contributed by atoms with Crippen LogP contribution < -0.4 is 0 Å². The molecule has 0 saturated carbocycles. The number of allylic oxidation sites excluding steroid dienone is 5. The van der Waals surface area contributed by atoms with Crippen LogP contribution in [0.15, 0.2) is 48.6 Å². The Hall–Kier alpha value is -1.04. The van der Waals surface area contributed by atoms with Gasteiger partial charge in [0.2, 0.25) is 0 Å². The van der Waals surface area contributed by atoms with Crippen LogP contribution in [0.25, 0.3) is 0 Å². The van der Waals surface area contributed by atoms with Gasteiger partial charge in [-0.25, -0.2) is 0 Å². The maximum atomic E-state index is 4.03. The second-order valence-corrected chi connectivity index (χ2v) is 3.73. The second-order valence-electron chi connectivity index (χ2n) is 3.73. The van der Waals surface area contributed by atoms with Gasteiger partial charge in [0.1, 0.15) is 0 Å². The van der Waals surface area contributed by atoms with Crippen molar-refractivity contribution in [2.45, 2.75) is 27.2 Å². The summed E-state index contributed by atoms with van der Waals surface area (Å²) in [6.45, 7) is 17.9. The molecule has 0 aliphatic heterocycles. The zero-order valence-electron chi connectivity index (χ0n) is 9.06. The molecule has 0 saturated heterocycles. The predicted molar refractivity (Wildman–Crippen MR) is 61.7 cm³/mol. The van der Waals surface area contributed by atoms with Gasteiger partial charge < -0.3 is 0 Å². The fourth-order valence-corrected chi connectivity index (χ4v) is 1.15. The van der Waals surface area contributed by atoms with Gasteiger partial charge in [0, 0.05) is 0 Å². The van der Waals surface area contributed by atoms with Gasteiger partial charge in [0.15, 0.2) is 0 Å². The lowest BCUT2D eigenvalue weighted by atomic mass is 9.94. The molecule has 0 spiro atoms. The highest BCUT2D eigenvalue weighted by molar-refractivity contribution is 5.27. The van der Waals surface area contributed by atoms with E-state index < -0.39 is 0 Å². The molecule has 0 fully saturated rings. The molecule has 0 aromatic heterocycles. The van der Waals surface area contributed by atoms with Crippen LogP contribution in [0.4, 0.5) is 0 Å². The van der Waals surface area contributed by atoms with E-state index in [0.717, 1.165) is 12.0 Å². The maximum absolute atomic E-state index is 4.03. The molecule has 0 heteroatoms. The fraction of sp³-hybridized carbons (Fsp3) is 0.385. The first-order valence-electron chi connectivity index (χ1n) is 4.61. The molecule has 0 bridgehead atoms. The minimum absolute atomic E-state index is 0.479. The van der Waals surface area contributed by atoms with E-state index in [1.807, 2.05) is 19.9 Å². The molecular weight excluding hydrogens is 156 g/mol. The number of hydrogen-bond acceptors (Lipinski definition) is 0. The van der Waals surface area contributed by atoms with Crippen LogP contribution in [0.2, 0.25) is 0 Å². The minimum atomic E-state index is 0.479. The Morgan fingerprint density at radius 2 is 1.85 bits per heavy atom. The third kappa shape index (κ3) is 5.24. The molecule has 0 radical (unpaired) electrons. The Balaban J connectivity index is 4.26. The Morgan fingerprint density at radius 3 is 2.23 bits per heavy atom. The van der Waals surface area contributed by atoms with Crippen molar-refractivity contribution in [2.24, 2.45) is 5.92 Å². The molecule has 1 atom stereocenters. The van der Waals surface area contributed by atoms with Crippen LogP contribution in [0, 0.1) is 5.92 Å². The lowest BCUT2D eigenvalue weighted by molar-refractivity contribution is 0.691. The summed E-state index contributed by atoms with van der Waals surface area (Å²) in [5, 5.41) is 0. The summed E-state index contributed by atoms with van der Waals surface area (Å²) < 4.78 is 0. The molecule has 0 rings (SSSR count). The van der Waals surface area contributed by atoms with E-state index >= 15 is 0 Å². The van der Waals surface area contributed by atoms with Crippen molar-refractivity contribution in [1.29, 1.82) is 0 Å². The molecule has 0 N–H and O–H groups in total. The van der Waals surface area contributed by atoms with Crippen molar-refractivity contribution in [2.75, 3.05) is 0 Å². The smallest absolute Gasteiger partial charge is 0.0159 e. The third-order valence-corrected chi connectivity index (χ3v) is 2.02. The highest BCUT2D eigenvalue weighted by Gasteiger charge is 2.03. The lowest BCUT2D eigenvalue weighted by Crippen LogP contribution is -1.96. The third-order valence-electron chi connectivity index (χ3n) is 2.02. The van der Waals surface area contributed by atoms with Crippen molar-refractivity contribution < 1.29 is 0 Å². The summed E-state index contributed by atoms with van der Waals surface area (Å²) in [6.07, 6.45) is 4.94. The standard InChI is InChI=1S/C13H20/c1-7-11(4)9-13(6)12(5)8-10(2)3/h7,9,12H,1-2,6,8H2,3-5H3/b11-9-/t12-/m0/s1. The van der Waals surface area contributed by atoms with Crippen LogP contribution in [0.3, 0.4) is 0 Å². The monoisotopic (exact) mass is 176 g/mol. The Labute approximate surface area is 82.4 Å². The molecular formula is C13H20. The summed E-state index contributed by atoms with van der Waals surface area (Å²) >= 11 is 0. The first kappa shape index (κ1) is 12.0. The summed E-state index contributed by atoms with van der Waals surface area (Å²) in [6, 6.07) is 0. The van der Waals surface area contributed by atoms with Crippen LogP contribution in [0.1, 0.15) is 27.2 Å². The summed E-state index contributed by atoms with van der Waals surface area (Å²) in [5.41, 5.74) is 3.53. The molecule has 0 aliphatic rings. The van der Waals surface area contributed by atoms with Crippen molar-refractivity contribution >= 4 is 0 Å². The Bertz CT molecular complexity index is 241. The molecule has 0 aromatic rings. The summed E-state index contributed by atoms with van der Waals surface area (Å²) in [7, 11) is 0. The summed E-state index contributed by atoms with van der Waals surface area (Å²) in [5.74, 6) is 0.479. The highest BCUT2D eigenvalue weighted by atomic mass is 14.1. The first-order valence-corrected chi connectivity index (χ1v) is 4.61. The molecule has 0 aliphatic carbocycles. The van der Waals surface area contributed by atoms with Crippen molar-refractivity contribution in [3.63, 3.8) is 0 Å². The van der Waals surface area contributed by atoms with Crippen LogP contribution in [-0.4, -0.2) is 0 Å². The van der Waals surface area contributed by atoms with Gasteiger partial charge in [-0.3, -0.25) is 0 Å². The van der Waals surface area contributed by atoms with Crippen molar-refractivity contribution in [3.8, 4) is 0 Å². The fourth-order valence-electron chi connectivity index (χ4n) is 1.15. The predicted octanol–water partition coefficient (Wildman–Crippen LogP) is 4.28. The van der Waals surface area contributed by atoms with Gasteiger partial charge in [-0.1, -0.05) is 49.0 Å². The molecule has 0 amide bonds. The van der Waals surface area contributed by atoms with Gasteiger partial charge in [-0.05, 0) is 26.2 Å². The Kier molecular flexibility index (Phi) is 5.13. The lowest BCUT2D eigenvalue weighted by Gasteiger charge is -2.11. The zero-order chi connectivity index (χ0) is 10.4. The van der Waals surface area contributed by atoms with E-state index in [4.69, 9.17) is 0 Å². The van der Waals surface area contributed by atoms with E-state index in [2.05, 4.69) is 32.7 Å². The average molecular weight is 176 g/mol. The van der Waals surface area contributed by atoms with E-state index in [0.29, 0.717) is 5.92 Å². The topological polar surface area (TPSA) is 0 Å². The molecule has 0 heterocycles. The molecule has 0 nitrogen and oxygen atoms in total. The van der Waals surface area contributed by atoms with Gasteiger partial charge in [0.25, 0.3) is 0 Å². The van der Waals surface area contributed by atoms with Crippen molar-refractivity contribution in [3.05, 3.63) is 48.6 Å². The SMILES string of the molecule is C=C/C(C)=C\C(=C)[C@@H](C)CC(=C)C. The van der Waals surface area contributed by atoms with Gasteiger partial charge in [-0.15, -0.1) is 6.58 Å². The van der Waals surface area contributed by atoms with E-state index in [1.54, 1.807) is 0 Å². The van der Waals surface area contributed by atoms with E-state index in [-0.39, 0.29) is 0 Å². The van der Waals surface area contributed by atoms with E-state index in [9.17, 15) is 0 Å². The Morgan fingerprint density at radius 1 is 1.31 bits per heavy atom. The normalized spacial score (nSPS) is 13.6. The molecule has 0 unspecified atom stereocenters. The molecule has 13 heavy (non-hydrogen) atoms.